The molecule has 0 saturated carbocycles. The Kier molecular flexibility index (Phi) is 6.77. The lowest BCUT2D eigenvalue weighted by Crippen LogP contribution is -2.34. The molecule has 118 valence electrons. The Morgan fingerprint density at radius 3 is 2.90 bits per heavy atom. The van der Waals surface area contributed by atoms with E-state index in [2.05, 4.69) is 12.2 Å². The summed E-state index contributed by atoms with van der Waals surface area (Å²) in [5.74, 6) is 0.356. The molecule has 0 aliphatic carbocycles. The first-order chi connectivity index (χ1) is 10.1. The van der Waals surface area contributed by atoms with Crippen LogP contribution in [0.2, 0.25) is 10.0 Å². The SMILES string of the molecule is CCCC(O)CNC(c1cc(Cl)ccc1Cl)C1CCOC1. The van der Waals surface area contributed by atoms with E-state index in [0.717, 1.165) is 31.4 Å². The normalized spacial score (nSPS) is 21.4. The molecule has 1 aliphatic heterocycles. The molecule has 0 spiro atoms. The molecule has 0 aromatic heterocycles. The molecule has 0 radical (unpaired) electrons. The second-order valence-corrected chi connectivity index (χ2v) is 6.46. The lowest BCUT2D eigenvalue weighted by molar-refractivity contribution is 0.144. The number of hydrogen-bond acceptors (Lipinski definition) is 3. The zero-order valence-corrected chi connectivity index (χ0v) is 13.8. The number of rotatable bonds is 7. The van der Waals surface area contributed by atoms with E-state index in [9.17, 15) is 5.11 Å². The molecule has 3 nitrogen and oxygen atoms in total. The van der Waals surface area contributed by atoms with E-state index in [-0.39, 0.29) is 12.1 Å². The minimum atomic E-state index is -0.335. The maximum Gasteiger partial charge on any atom is 0.0664 e. The molecule has 3 atom stereocenters. The fourth-order valence-electron chi connectivity index (χ4n) is 2.80. The highest BCUT2D eigenvalue weighted by Gasteiger charge is 2.28. The van der Waals surface area contributed by atoms with Gasteiger partial charge in [0.2, 0.25) is 0 Å². The van der Waals surface area contributed by atoms with Gasteiger partial charge >= 0.3 is 0 Å². The first kappa shape index (κ1) is 17.0. The quantitative estimate of drug-likeness (QED) is 0.797. The van der Waals surface area contributed by atoms with E-state index in [1.807, 2.05) is 12.1 Å². The second kappa shape index (κ2) is 8.35. The van der Waals surface area contributed by atoms with Gasteiger partial charge in [0.15, 0.2) is 0 Å². The molecular weight excluding hydrogens is 309 g/mol. The van der Waals surface area contributed by atoms with Crippen LogP contribution in [0.25, 0.3) is 0 Å². The van der Waals surface area contributed by atoms with Crippen LogP contribution in [0.5, 0.6) is 0 Å². The van der Waals surface area contributed by atoms with Crippen LogP contribution in [0, 0.1) is 5.92 Å². The van der Waals surface area contributed by atoms with Gasteiger partial charge < -0.3 is 15.2 Å². The second-order valence-electron chi connectivity index (χ2n) is 5.62. The predicted molar refractivity (Wildman–Crippen MR) is 87.0 cm³/mol. The first-order valence-electron chi connectivity index (χ1n) is 7.56. The molecule has 1 aromatic rings. The number of aliphatic hydroxyl groups is 1. The Hall–Kier alpha value is -0.320. The summed E-state index contributed by atoms with van der Waals surface area (Å²) in [6.07, 6.45) is 2.42. The number of benzene rings is 1. The first-order valence-corrected chi connectivity index (χ1v) is 8.31. The van der Waals surface area contributed by atoms with Crippen LogP contribution in [-0.2, 0) is 4.74 Å². The highest BCUT2D eigenvalue weighted by Crippen LogP contribution is 2.34. The number of halogens is 2. The summed E-state index contributed by atoms with van der Waals surface area (Å²) in [5, 5.41) is 14.8. The molecule has 2 N–H and O–H groups in total. The molecule has 3 unspecified atom stereocenters. The van der Waals surface area contributed by atoms with Gasteiger partial charge in [-0.3, -0.25) is 0 Å². The number of hydrogen-bond donors (Lipinski definition) is 2. The Labute approximate surface area is 136 Å². The van der Waals surface area contributed by atoms with Gasteiger partial charge in [-0.2, -0.15) is 0 Å². The molecule has 21 heavy (non-hydrogen) atoms. The van der Waals surface area contributed by atoms with Crippen LogP contribution in [-0.4, -0.2) is 31.0 Å². The summed E-state index contributed by atoms with van der Waals surface area (Å²) in [6.45, 7) is 4.11. The molecule has 0 bridgehead atoms. The largest absolute Gasteiger partial charge is 0.392 e. The molecule has 1 aliphatic rings. The molecule has 1 fully saturated rings. The molecule has 1 saturated heterocycles. The van der Waals surface area contributed by atoms with Gasteiger partial charge in [-0.25, -0.2) is 0 Å². The zero-order chi connectivity index (χ0) is 15.2. The zero-order valence-electron chi connectivity index (χ0n) is 12.3. The summed E-state index contributed by atoms with van der Waals surface area (Å²) >= 11 is 12.5. The van der Waals surface area contributed by atoms with Gasteiger partial charge in [-0.15, -0.1) is 0 Å². The van der Waals surface area contributed by atoms with Crippen LogP contribution in [0.15, 0.2) is 18.2 Å². The predicted octanol–water partition coefficient (Wildman–Crippen LogP) is 3.82. The average Bonchev–Trinajstić information content (AvgIpc) is 2.97. The smallest absolute Gasteiger partial charge is 0.0664 e. The third kappa shape index (κ3) is 4.83. The summed E-state index contributed by atoms with van der Waals surface area (Å²) in [6, 6.07) is 5.59. The fourth-order valence-corrected chi connectivity index (χ4v) is 3.21. The van der Waals surface area contributed by atoms with Crippen molar-refractivity contribution in [2.75, 3.05) is 19.8 Å². The van der Waals surface area contributed by atoms with Crippen molar-refractivity contribution in [3.8, 4) is 0 Å². The van der Waals surface area contributed by atoms with Crippen molar-refractivity contribution in [3.05, 3.63) is 33.8 Å². The van der Waals surface area contributed by atoms with Crippen LogP contribution in [0.3, 0.4) is 0 Å². The van der Waals surface area contributed by atoms with E-state index < -0.39 is 0 Å². The fraction of sp³-hybridized carbons (Fsp3) is 0.625. The highest BCUT2D eigenvalue weighted by molar-refractivity contribution is 6.33. The molecule has 0 amide bonds. The molecule has 2 rings (SSSR count). The number of nitrogens with one attached hydrogen (secondary N) is 1. The van der Waals surface area contributed by atoms with Crippen molar-refractivity contribution in [1.82, 2.24) is 5.32 Å². The Bertz CT molecular complexity index is 450. The Balaban J connectivity index is 2.13. The lowest BCUT2D eigenvalue weighted by Gasteiger charge is -2.26. The minimum absolute atomic E-state index is 0.0604. The van der Waals surface area contributed by atoms with Crippen LogP contribution in [0.4, 0.5) is 0 Å². The van der Waals surface area contributed by atoms with Crippen molar-refractivity contribution >= 4 is 23.2 Å². The minimum Gasteiger partial charge on any atom is -0.392 e. The van der Waals surface area contributed by atoms with Gasteiger partial charge in [0.25, 0.3) is 0 Å². The van der Waals surface area contributed by atoms with E-state index in [0.29, 0.717) is 29.1 Å². The summed E-state index contributed by atoms with van der Waals surface area (Å²) < 4.78 is 5.51. The monoisotopic (exact) mass is 331 g/mol. The van der Waals surface area contributed by atoms with E-state index >= 15 is 0 Å². The van der Waals surface area contributed by atoms with Crippen molar-refractivity contribution in [2.45, 2.75) is 38.3 Å². The van der Waals surface area contributed by atoms with Crippen LogP contribution < -0.4 is 5.32 Å². The number of aliphatic hydroxyl groups excluding tert-OH is 1. The summed E-state index contributed by atoms with van der Waals surface area (Å²) in [4.78, 5) is 0. The van der Waals surface area contributed by atoms with Gasteiger partial charge in [0, 0.05) is 35.2 Å². The standard InChI is InChI=1S/C16H23Cl2NO2/c1-2-3-13(20)9-19-16(11-6-7-21-10-11)14-8-12(17)4-5-15(14)18/h4-5,8,11,13,16,19-20H,2-3,6-7,9-10H2,1H3. The van der Waals surface area contributed by atoms with Crippen molar-refractivity contribution in [2.24, 2.45) is 5.92 Å². The molecule has 1 aromatic carbocycles. The maximum absolute atomic E-state index is 9.96. The average molecular weight is 332 g/mol. The topological polar surface area (TPSA) is 41.5 Å². The molecular formula is C16H23Cl2NO2. The van der Waals surface area contributed by atoms with Crippen LogP contribution >= 0.6 is 23.2 Å². The van der Waals surface area contributed by atoms with Gasteiger partial charge in [-0.05, 0) is 36.6 Å². The van der Waals surface area contributed by atoms with Gasteiger partial charge in [0.05, 0.1) is 12.7 Å². The van der Waals surface area contributed by atoms with Crippen LogP contribution in [0.1, 0.15) is 37.8 Å². The molecule has 1 heterocycles. The Morgan fingerprint density at radius 1 is 1.43 bits per heavy atom. The van der Waals surface area contributed by atoms with Gasteiger partial charge in [-0.1, -0.05) is 36.5 Å². The summed E-state index contributed by atoms with van der Waals surface area (Å²) in [5.41, 5.74) is 0.989. The van der Waals surface area contributed by atoms with E-state index in [1.165, 1.54) is 0 Å². The number of ether oxygens (including phenoxy) is 1. The third-order valence-corrected chi connectivity index (χ3v) is 4.50. The lowest BCUT2D eigenvalue weighted by atomic mass is 9.92. The summed E-state index contributed by atoms with van der Waals surface area (Å²) in [7, 11) is 0. The van der Waals surface area contributed by atoms with Gasteiger partial charge in [0.1, 0.15) is 0 Å². The van der Waals surface area contributed by atoms with Crippen molar-refractivity contribution < 1.29 is 9.84 Å². The highest BCUT2D eigenvalue weighted by atomic mass is 35.5. The third-order valence-electron chi connectivity index (χ3n) is 3.92. The van der Waals surface area contributed by atoms with E-state index in [1.54, 1.807) is 6.07 Å². The Morgan fingerprint density at radius 2 is 2.24 bits per heavy atom. The maximum atomic E-state index is 9.96. The van der Waals surface area contributed by atoms with Crippen molar-refractivity contribution in [3.63, 3.8) is 0 Å². The molecule has 5 heteroatoms. The van der Waals surface area contributed by atoms with E-state index in [4.69, 9.17) is 27.9 Å². The van der Waals surface area contributed by atoms with Crippen molar-refractivity contribution in [1.29, 1.82) is 0 Å².